The zero-order chi connectivity index (χ0) is 13.9. The molecule has 1 aliphatic rings. The molecule has 1 aliphatic carbocycles. The number of nitrogens with zero attached hydrogens (tertiary/aromatic N) is 1. The molecule has 1 heterocycles. The first-order valence-corrected chi connectivity index (χ1v) is 8.11. The third-order valence-corrected chi connectivity index (χ3v) is 4.64. The monoisotopic (exact) mass is 333 g/mol. The van der Waals surface area contributed by atoms with E-state index in [9.17, 15) is 0 Å². The topological polar surface area (TPSA) is 50.9 Å². The van der Waals surface area contributed by atoms with E-state index < -0.39 is 0 Å². The number of nitrogen functional groups attached to an aromatic ring is 1. The molecular formula is C16H20BrN3. The predicted molar refractivity (Wildman–Crippen MR) is 88.9 cm³/mol. The number of fused-ring (bicyclic) bond motifs is 1. The quantitative estimate of drug-likeness (QED) is 0.864. The fourth-order valence-corrected chi connectivity index (χ4v) is 3.38. The van der Waals surface area contributed by atoms with Crippen molar-refractivity contribution in [3.8, 4) is 0 Å². The Morgan fingerprint density at radius 3 is 2.85 bits per heavy atom. The zero-order valence-corrected chi connectivity index (χ0v) is 13.1. The van der Waals surface area contributed by atoms with Gasteiger partial charge in [0.1, 0.15) is 0 Å². The summed E-state index contributed by atoms with van der Waals surface area (Å²) in [5.41, 5.74) is 8.85. The van der Waals surface area contributed by atoms with Crippen LogP contribution in [0.15, 0.2) is 28.9 Å². The fourth-order valence-electron chi connectivity index (χ4n) is 3.02. The van der Waals surface area contributed by atoms with Gasteiger partial charge in [-0.15, -0.1) is 0 Å². The van der Waals surface area contributed by atoms with Crippen LogP contribution >= 0.6 is 15.9 Å². The maximum atomic E-state index is 6.11. The van der Waals surface area contributed by atoms with Crippen LogP contribution in [0.2, 0.25) is 0 Å². The first kappa shape index (κ1) is 13.7. The Bertz CT molecular complexity index is 601. The van der Waals surface area contributed by atoms with Gasteiger partial charge in [0.15, 0.2) is 0 Å². The average Bonchev–Trinajstić information content (AvgIpc) is 2.47. The highest BCUT2D eigenvalue weighted by molar-refractivity contribution is 9.10. The van der Waals surface area contributed by atoms with E-state index in [0.717, 1.165) is 39.2 Å². The van der Waals surface area contributed by atoms with Crippen LogP contribution in [-0.2, 0) is 0 Å². The second-order valence-electron chi connectivity index (χ2n) is 5.63. The van der Waals surface area contributed by atoms with E-state index in [4.69, 9.17) is 5.73 Å². The molecule has 0 amide bonds. The van der Waals surface area contributed by atoms with Crippen LogP contribution in [0, 0.1) is 5.92 Å². The SMILES string of the molecule is Nc1cnc2ccc(Br)cc2c1NCC1CCCCC1. The normalized spacial score (nSPS) is 16.4. The summed E-state index contributed by atoms with van der Waals surface area (Å²) in [6.07, 6.45) is 8.54. The lowest BCUT2D eigenvalue weighted by Crippen LogP contribution is -2.18. The van der Waals surface area contributed by atoms with Gasteiger partial charge in [-0.1, -0.05) is 35.2 Å². The number of rotatable bonds is 3. The first-order chi connectivity index (χ1) is 9.74. The van der Waals surface area contributed by atoms with E-state index >= 15 is 0 Å². The lowest BCUT2D eigenvalue weighted by atomic mass is 9.89. The van der Waals surface area contributed by atoms with Crippen LogP contribution in [0.25, 0.3) is 10.9 Å². The molecular weight excluding hydrogens is 314 g/mol. The minimum atomic E-state index is 0.728. The molecule has 3 N–H and O–H groups in total. The van der Waals surface area contributed by atoms with Gasteiger partial charge in [0.05, 0.1) is 23.1 Å². The number of benzene rings is 1. The average molecular weight is 334 g/mol. The highest BCUT2D eigenvalue weighted by atomic mass is 79.9. The van der Waals surface area contributed by atoms with E-state index in [0.29, 0.717) is 0 Å². The van der Waals surface area contributed by atoms with Crippen LogP contribution in [0.4, 0.5) is 11.4 Å². The standard InChI is InChI=1S/C16H20BrN3/c17-12-6-7-15-13(8-12)16(14(18)10-19-15)20-9-11-4-2-1-3-5-11/h6-8,10-11H,1-5,9,18H2,(H,19,20). The largest absolute Gasteiger partial charge is 0.396 e. The van der Waals surface area contributed by atoms with Crippen molar-refractivity contribution in [3.05, 3.63) is 28.9 Å². The summed E-state index contributed by atoms with van der Waals surface area (Å²) in [4.78, 5) is 4.39. The van der Waals surface area contributed by atoms with Crippen molar-refractivity contribution in [2.24, 2.45) is 5.92 Å². The Hall–Kier alpha value is -1.29. The number of aromatic nitrogens is 1. The molecule has 0 saturated heterocycles. The Morgan fingerprint density at radius 2 is 2.05 bits per heavy atom. The Morgan fingerprint density at radius 1 is 1.25 bits per heavy atom. The number of hydrogen-bond donors (Lipinski definition) is 2. The molecule has 0 aliphatic heterocycles. The summed E-state index contributed by atoms with van der Waals surface area (Å²) >= 11 is 3.52. The van der Waals surface area contributed by atoms with Crippen molar-refractivity contribution in [1.82, 2.24) is 4.98 Å². The molecule has 2 aromatic rings. The van der Waals surface area contributed by atoms with E-state index in [1.807, 2.05) is 12.1 Å². The number of pyridine rings is 1. The van der Waals surface area contributed by atoms with E-state index in [-0.39, 0.29) is 0 Å². The molecule has 4 heteroatoms. The van der Waals surface area contributed by atoms with Crippen LogP contribution in [0.1, 0.15) is 32.1 Å². The molecule has 1 fully saturated rings. The van der Waals surface area contributed by atoms with Crippen LogP contribution in [0.5, 0.6) is 0 Å². The van der Waals surface area contributed by atoms with Gasteiger partial charge in [0, 0.05) is 16.4 Å². The smallest absolute Gasteiger partial charge is 0.0743 e. The molecule has 1 aromatic carbocycles. The highest BCUT2D eigenvalue weighted by Crippen LogP contribution is 2.31. The maximum absolute atomic E-state index is 6.11. The summed E-state index contributed by atoms with van der Waals surface area (Å²) in [5.74, 6) is 0.776. The van der Waals surface area contributed by atoms with Gasteiger partial charge in [-0.25, -0.2) is 0 Å². The van der Waals surface area contributed by atoms with Crippen LogP contribution < -0.4 is 11.1 Å². The molecule has 0 spiro atoms. The first-order valence-electron chi connectivity index (χ1n) is 7.31. The zero-order valence-electron chi connectivity index (χ0n) is 11.5. The number of hydrogen-bond acceptors (Lipinski definition) is 3. The molecule has 106 valence electrons. The van der Waals surface area contributed by atoms with Crippen molar-refractivity contribution in [2.75, 3.05) is 17.6 Å². The van der Waals surface area contributed by atoms with Gasteiger partial charge in [0.25, 0.3) is 0 Å². The molecule has 0 bridgehead atoms. The van der Waals surface area contributed by atoms with Crippen molar-refractivity contribution in [1.29, 1.82) is 0 Å². The van der Waals surface area contributed by atoms with Crippen molar-refractivity contribution >= 4 is 38.2 Å². The molecule has 3 rings (SSSR count). The maximum Gasteiger partial charge on any atom is 0.0743 e. The van der Waals surface area contributed by atoms with Gasteiger partial charge in [-0.05, 0) is 37.0 Å². The van der Waals surface area contributed by atoms with Crippen molar-refractivity contribution < 1.29 is 0 Å². The summed E-state index contributed by atoms with van der Waals surface area (Å²) in [6, 6.07) is 6.11. The van der Waals surface area contributed by atoms with Crippen LogP contribution in [0.3, 0.4) is 0 Å². The van der Waals surface area contributed by atoms with E-state index in [2.05, 4.69) is 32.3 Å². The summed E-state index contributed by atoms with van der Waals surface area (Å²) in [7, 11) is 0. The Kier molecular flexibility index (Phi) is 4.10. The van der Waals surface area contributed by atoms with E-state index in [1.165, 1.54) is 32.1 Å². The Labute approximate surface area is 128 Å². The molecule has 1 saturated carbocycles. The van der Waals surface area contributed by atoms with Crippen molar-refractivity contribution in [3.63, 3.8) is 0 Å². The second kappa shape index (κ2) is 6.00. The minimum absolute atomic E-state index is 0.728. The second-order valence-corrected chi connectivity index (χ2v) is 6.55. The summed E-state index contributed by atoms with van der Waals surface area (Å²) in [6.45, 7) is 1.01. The fraction of sp³-hybridized carbons (Fsp3) is 0.438. The summed E-state index contributed by atoms with van der Waals surface area (Å²) in [5, 5.41) is 4.66. The lowest BCUT2D eigenvalue weighted by molar-refractivity contribution is 0.373. The number of nitrogens with two attached hydrogens (primary N) is 1. The van der Waals surface area contributed by atoms with Crippen LogP contribution in [-0.4, -0.2) is 11.5 Å². The number of anilines is 2. The molecule has 0 unspecified atom stereocenters. The molecule has 3 nitrogen and oxygen atoms in total. The van der Waals surface area contributed by atoms with Gasteiger partial charge < -0.3 is 11.1 Å². The third kappa shape index (κ3) is 2.90. The lowest BCUT2D eigenvalue weighted by Gasteiger charge is -2.23. The molecule has 1 aromatic heterocycles. The van der Waals surface area contributed by atoms with E-state index in [1.54, 1.807) is 6.20 Å². The van der Waals surface area contributed by atoms with Gasteiger partial charge in [-0.3, -0.25) is 4.98 Å². The van der Waals surface area contributed by atoms with Gasteiger partial charge in [-0.2, -0.15) is 0 Å². The highest BCUT2D eigenvalue weighted by Gasteiger charge is 2.14. The summed E-state index contributed by atoms with van der Waals surface area (Å²) < 4.78 is 1.05. The molecule has 0 radical (unpaired) electrons. The molecule has 0 atom stereocenters. The third-order valence-electron chi connectivity index (χ3n) is 4.15. The Balaban J connectivity index is 1.85. The number of nitrogens with one attached hydrogen (secondary N) is 1. The number of halogens is 1. The van der Waals surface area contributed by atoms with Gasteiger partial charge in [0.2, 0.25) is 0 Å². The predicted octanol–water partition coefficient (Wildman–Crippen LogP) is 4.57. The van der Waals surface area contributed by atoms with Crippen molar-refractivity contribution in [2.45, 2.75) is 32.1 Å². The minimum Gasteiger partial charge on any atom is -0.396 e. The molecule has 20 heavy (non-hydrogen) atoms. The van der Waals surface area contributed by atoms with Gasteiger partial charge >= 0.3 is 0 Å².